The zero-order chi connectivity index (χ0) is 19.1. The molecule has 2 heterocycles. The number of nitrogens with zero attached hydrogens (tertiary/aromatic N) is 2. The third-order valence-electron chi connectivity index (χ3n) is 4.47. The number of aryl methyl sites for hydroxylation is 1. The summed E-state index contributed by atoms with van der Waals surface area (Å²) in [6, 6.07) is 15.3. The first-order valence-electron chi connectivity index (χ1n) is 8.39. The first kappa shape index (κ1) is 17.8. The second-order valence-electron chi connectivity index (χ2n) is 6.37. The normalized spacial score (nSPS) is 11.1. The van der Waals surface area contributed by atoms with Gasteiger partial charge in [-0.05, 0) is 49.4 Å². The van der Waals surface area contributed by atoms with Gasteiger partial charge in [0, 0.05) is 22.8 Å². The Morgan fingerprint density at radius 2 is 1.93 bits per heavy atom. The number of anilines is 1. The smallest absolute Gasteiger partial charge is 0.268 e. The van der Waals surface area contributed by atoms with Crippen LogP contribution in [0.1, 0.15) is 15.2 Å². The van der Waals surface area contributed by atoms with E-state index in [4.69, 9.17) is 21.3 Å². The highest BCUT2D eigenvalue weighted by atomic mass is 35.5. The van der Waals surface area contributed by atoms with Gasteiger partial charge in [-0.3, -0.25) is 4.79 Å². The number of hydrogen-bond donors (Lipinski definition) is 0. The summed E-state index contributed by atoms with van der Waals surface area (Å²) >= 11 is 7.49. The van der Waals surface area contributed by atoms with Crippen molar-refractivity contribution >= 4 is 55.7 Å². The van der Waals surface area contributed by atoms with E-state index >= 15 is 0 Å². The van der Waals surface area contributed by atoms with Crippen LogP contribution in [0.3, 0.4) is 0 Å². The summed E-state index contributed by atoms with van der Waals surface area (Å²) in [5, 5.41) is 2.59. The Morgan fingerprint density at radius 3 is 2.70 bits per heavy atom. The minimum Gasteiger partial charge on any atom is -0.495 e. The molecule has 4 rings (SSSR count). The zero-order valence-corrected chi connectivity index (χ0v) is 16.7. The number of carbonyl (C=O) groups is 1. The molecule has 0 fully saturated rings. The van der Waals surface area contributed by atoms with Gasteiger partial charge in [-0.2, -0.15) is 0 Å². The highest BCUT2D eigenvalue weighted by Gasteiger charge is 2.20. The maximum absolute atomic E-state index is 13.1. The molecule has 0 aliphatic heterocycles. The Labute approximate surface area is 166 Å². The lowest BCUT2D eigenvalue weighted by Crippen LogP contribution is -2.25. The van der Waals surface area contributed by atoms with Crippen LogP contribution in [0.25, 0.3) is 21.1 Å². The van der Waals surface area contributed by atoms with Crippen LogP contribution in [0.2, 0.25) is 5.02 Å². The van der Waals surface area contributed by atoms with E-state index in [9.17, 15) is 4.79 Å². The van der Waals surface area contributed by atoms with Gasteiger partial charge in [0.1, 0.15) is 10.6 Å². The number of benzene rings is 2. The monoisotopic (exact) mass is 396 g/mol. The number of hydrogen-bond acceptors (Lipinski definition) is 4. The van der Waals surface area contributed by atoms with Gasteiger partial charge in [-0.15, -0.1) is 11.3 Å². The van der Waals surface area contributed by atoms with Crippen molar-refractivity contribution in [2.45, 2.75) is 6.92 Å². The van der Waals surface area contributed by atoms with Crippen molar-refractivity contribution in [3.63, 3.8) is 0 Å². The fraction of sp³-hybridized carbons (Fsp3) is 0.143. The molecule has 0 spiro atoms. The number of aromatic nitrogens is 1. The maximum atomic E-state index is 13.1. The Balaban J connectivity index is 1.76. The number of halogens is 1. The summed E-state index contributed by atoms with van der Waals surface area (Å²) < 4.78 is 5.37. The van der Waals surface area contributed by atoms with Gasteiger partial charge in [-0.1, -0.05) is 23.2 Å². The fourth-order valence-electron chi connectivity index (χ4n) is 3.06. The third kappa shape index (κ3) is 3.24. The van der Waals surface area contributed by atoms with Crippen LogP contribution in [0.15, 0.2) is 48.5 Å². The van der Waals surface area contributed by atoms with E-state index in [1.54, 1.807) is 37.3 Å². The number of pyridine rings is 1. The summed E-state index contributed by atoms with van der Waals surface area (Å²) in [7, 11) is 3.29. The lowest BCUT2D eigenvalue weighted by Gasteiger charge is -2.19. The van der Waals surface area contributed by atoms with Gasteiger partial charge < -0.3 is 9.64 Å². The van der Waals surface area contributed by atoms with E-state index in [2.05, 4.69) is 19.1 Å². The van der Waals surface area contributed by atoms with Crippen molar-refractivity contribution in [2.75, 3.05) is 19.1 Å². The Kier molecular flexibility index (Phi) is 4.50. The van der Waals surface area contributed by atoms with Crippen molar-refractivity contribution in [1.82, 2.24) is 4.98 Å². The van der Waals surface area contributed by atoms with Crippen LogP contribution in [-0.2, 0) is 0 Å². The molecule has 4 nitrogen and oxygen atoms in total. The van der Waals surface area contributed by atoms with Crippen LogP contribution in [0.5, 0.6) is 5.75 Å². The summed E-state index contributed by atoms with van der Waals surface area (Å²) in [4.78, 5) is 20.8. The molecule has 0 unspecified atom stereocenters. The molecular formula is C21H17ClN2O2S. The lowest BCUT2D eigenvalue weighted by atomic mass is 10.1. The van der Waals surface area contributed by atoms with Gasteiger partial charge in [0.15, 0.2) is 0 Å². The van der Waals surface area contributed by atoms with Gasteiger partial charge in [-0.25, -0.2) is 4.98 Å². The van der Waals surface area contributed by atoms with Gasteiger partial charge in [0.05, 0.1) is 23.2 Å². The number of rotatable bonds is 3. The zero-order valence-electron chi connectivity index (χ0n) is 15.1. The summed E-state index contributed by atoms with van der Waals surface area (Å²) in [6.45, 7) is 2.06. The number of ether oxygens (including phenoxy) is 1. The number of amides is 1. The van der Waals surface area contributed by atoms with E-state index in [1.165, 1.54) is 16.9 Å². The molecule has 4 aromatic rings. The Hall–Kier alpha value is -2.63. The third-order valence-corrected chi connectivity index (χ3v) is 5.74. The van der Waals surface area contributed by atoms with E-state index < -0.39 is 0 Å². The molecule has 0 N–H and O–H groups in total. The van der Waals surface area contributed by atoms with Crippen molar-refractivity contribution < 1.29 is 9.53 Å². The Bertz CT molecular complexity index is 1190. The number of methoxy groups -OCH3 is 1. The average molecular weight is 397 g/mol. The number of thiophene rings is 1. The van der Waals surface area contributed by atoms with Gasteiger partial charge in [0.2, 0.25) is 0 Å². The van der Waals surface area contributed by atoms with Crippen molar-refractivity contribution in [2.24, 2.45) is 0 Å². The summed E-state index contributed by atoms with van der Waals surface area (Å²) in [5.41, 5.74) is 2.74. The second-order valence-corrected chi connectivity index (χ2v) is 7.84. The highest BCUT2D eigenvalue weighted by Crippen LogP contribution is 2.33. The first-order valence-corrected chi connectivity index (χ1v) is 9.58. The SMILES string of the molecule is COc1ccc(Cl)cc1N(C)C(=O)c1cc2cc3cc(C)ccc3nc2s1. The van der Waals surface area contributed by atoms with E-state index in [-0.39, 0.29) is 5.91 Å². The lowest BCUT2D eigenvalue weighted by molar-refractivity contribution is 0.0996. The summed E-state index contributed by atoms with van der Waals surface area (Å²) in [6.07, 6.45) is 0. The van der Waals surface area contributed by atoms with Crippen molar-refractivity contribution in [3.8, 4) is 5.75 Å². The highest BCUT2D eigenvalue weighted by molar-refractivity contribution is 7.20. The minimum absolute atomic E-state index is 0.126. The van der Waals surface area contributed by atoms with Crippen LogP contribution in [-0.4, -0.2) is 25.0 Å². The average Bonchev–Trinajstić information content (AvgIpc) is 3.07. The first-order chi connectivity index (χ1) is 13.0. The van der Waals surface area contributed by atoms with E-state index in [0.29, 0.717) is 21.3 Å². The molecule has 0 atom stereocenters. The molecule has 0 radical (unpaired) electrons. The van der Waals surface area contributed by atoms with Gasteiger partial charge >= 0.3 is 0 Å². The molecule has 0 aliphatic rings. The van der Waals surface area contributed by atoms with Crippen molar-refractivity contribution in [3.05, 3.63) is 64.0 Å². The van der Waals surface area contributed by atoms with Crippen LogP contribution >= 0.6 is 22.9 Å². The molecule has 2 aromatic heterocycles. The quantitative estimate of drug-likeness (QED) is 0.446. The predicted molar refractivity (Wildman–Crippen MR) is 113 cm³/mol. The largest absolute Gasteiger partial charge is 0.495 e. The van der Waals surface area contributed by atoms with Crippen molar-refractivity contribution in [1.29, 1.82) is 0 Å². The maximum Gasteiger partial charge on any atom is 0.268 e. The van der Waals surface area contributed by atoms with E-state index in [0.717, 1.165) is 21.1 Å². The second kappa shape index (κ2) is 6.83. The molecule has 27 heavy (non-hydrogen) atoms. The Morgan fingerprint density at radius 1 is 1.11 bits per heavy atom. The minimum atomic E-state index is -0.126. The molecule has 2 aromatic carbocycles. The molecule has 136 valence electrons. The van der Waals surface area contributed by atoms with Crippen LogP contribution in [0.4, 0.5) is 5.69 Å². The fourth-order valence-corrected chi connectivity index (χ4v) is 4.22. The molecular weight excluding hydrogens is 380 g/mol. The predicted octanol–water partition coefficient (Wildman–Crippen LogP) is 5.70. The topological polar surface area (TPSA) is 42.4 Å². The standard InChI is InChI=1S/C21H17ClN2O2S/c1-12-4-6-16-13(8-12)9-14-10-19(27-20(14)23-16)21(25)24(2)17-11-15(22)5-7-18(17)26-3/h4-11H,1-3H3. The molecule has 1 amide bonds. The van der Waals surface area contributed by atoms with Crippen LogP contribution < -0.4 is 9.64 Å². The number of carbonyl (C=O) groups excluding carboxylic acids is 1. The summed E-state index contributed by atoms with van der Waals surface area (Å²) in [5.74, 6) is 0.467. The van der Waals surface area contributed by atoms with Crippen LogP contribution in [0, 0.1) is 6.92 Å². The molecule has 0 aliphatic carbocycles. The molecule has 0 bridgehead atoms. The molecule has 0 saturated heterocycles. The number of fused-ring (bicyclic) bond motifs is 2. The molecule has 0 saturated carbocycles. The molecule has 6 heteroatoms. The van der Waals surface area contributed by atoms with E-state index in [1.807, 2.05) is 18.2 Å². The van der Waals surface area contributed by atoms with Gasteiger partial charge in [0.25, 0.3) is 5.91 Å².